The van der Waals surface area contributed by atoms with Gasteiger partial charge in [-0.25, -0.2) is 9.79 Å². The fraction of sp³-hybridized carbons (Fsp3) is 0.172. The number of aliphatic hydroxyl groups excluding tert-OH is 1. The van der Waals surface area contributed by atoms with Crippen molar-refractivity contribution in [1.82, 2.24) is 0 Å². The van der Waals surface area contributed by atoms with Gasteiger partial charge in [0.1, 0.15) is 23.0 Å². The van der Waals surface area contributed by atoms with Crippen LogP contribution in [0.25, 0.3) is 6.08 Å². The molecule has 0 spiro atoms. The van der Waals surface area contributed by atoms with Crippen molar-refractivity contribution in [3.63, 3.8) is 0 Å². The number of carbonyl (C=O) groups excluding carboxylic acids is 1. The summed E-state index contributed by atoms with van der Waals surface area (Å²) in [7, 11) is 0. The number of aliphatic hydroxyl groups is 1. The summed E-state index contributed by atoms with van der Waals surface area (Å²) in [5, 5.41) is 12.3. The molecule has 0 amide bonds. The Hall–Kier alpha value is -2.66. The van der Waals surface area contributed by atoms with Gasteiger partial charge in [0, 0.05) is 0 Å². The molecule has 10 heteroatoms. The molecule has 1 aliphatic rings. The van der Waals surface area contributed by atoms with Crippen molar-refractivity contribution in [1.29, 1.82) is 0 Å². The fourth-order valence-electron chi connectivity index (χ4n) is 3.62. The summed E-state index contributed by atoms with van der Waals surface area (Å²) in [5.74, 6) is 0.326. The number of aliphatic imine (C=N–C) groups is 1. The first kappa shape index (κ1) is 29.3. The topological polar surface area (TPSA) is 77.4 Å². The molecule has 0 aromatic heterocycles. The minimum Gasteiger partial charge on any atom is -0.506 e. The number of hydrogen-bond acceptors (Lipinski definition) is 7. The fourth-order valence-corrected chi connectivity index (χ4v) is 5.76. The van der Waals surface area contributed by atoms with Crippen LogP contribution in [0.3, 0.4) is 0 Å². The predicted molar refractivity (Wildman–Crippen MR) is 167 cm³/mol. The number of benzene rings is 3. The maximum atomic E-state index is 12.7. The normalized spacial score (nSPS) is 15.2. The molecule has 202 valence electrons. The highest BCUT2D eigenvalue weighted by Gasteiger charge is 2.33. The van der Waals surface area contributed by atoms with Crippen molar-refractivity contribution >= 4 is 80.3 Å². The molecule has 0 bridgehead atoms. The number of esters is 1. The summed E-state index contributed by atoms with van der Waals surface area (Å²) in [6, 6.07) is 18.3. The molecule has 0 aliphatic carbocycles. The van der Waals surface area contributed by atoms with E-state index >= 15 is 0 Å². The van der Waals surface area contributed by atoms with Crippen LogP contribution in [0.2, 0.25) is 10.0 Å². The number of nitrogens with zero attached hydrogens (tertiary/aromatic N) is 1. The van der Waals surface area contributed by atoms with E-state index in [2.05, 4.69) is 27.6 Å². The molecule has 0 atom stereocenters. The minimum absolute atomic E-state index is 0.0401. The Balaban J connectivity index is 1.67. The van der Waals surface area contributed by atoms with Gasteiger partial charge in [0.15, 0.2) is 11.5 Å². The van der Waals surface area contributed by atoms with Gasteiger partial charge < -0.3 is 19.3 Å². The Morgan fingerprint density at radius 2 is 1.79 bits per heavy atom. The third-order valence-electron chi connectivity index (χ3n) is 5.35. The van der Waals surface area contributed by atoms with Crippen LogP contribution in [-0.4, -0.2) is 29.3 Å². The molecule has 1 N–H and O–H groups in total. The summed E-state index contributed by atoms with van der Waals surface area (Å²) in [4.78, 5) is 17.8. The van der Waals surface area contributed by atoms with E-state index in [0.717, 1.165) is 14.7 Å². The summed E-state index contributed by atoms with van der Waals surface area (Å²) in [6.45, 7) is 4.48. The van der Waals surface area contributed by atoms with Crippen LogP contribution in [0.15, 0.2) is 81.9 Å². The third-order valence-corrected chi connectivity index (χ3v) is 7.91. The van der Waals surface area contributed by atoms with Crippen molar-refractivity contribution in [3.05, 3.63) is 102 Å². The molecule has 0 fully saturated rings. The SMILES string of the molecule is CCOC(=O)C1=C(O)C(=Cc2cc(I)c(OCc3ccc(Cl)c(Cl)c3)c(OCC)c2)SC1=Nc1ccccc1. The van der Waals surface area contributed by atoms with Gasteiger partial charge in [-0.05, 0) is 90.0 Å². The van der Waals surface area contributed by atoms with E-state index in [1.807, 2.05) is 55.5 Å². The molecule has 6 nitrogen and oxygen atoms in total. The van der Waals surface area contributed by atoms with Crippen LogP contribution in [0.5, 0.6) is 11.5 Å². The molecule has 4 rings (SSSR count). The van der Waals surface area contributed by atoms with Crippen LogP contribution in [0, 0.1) is 3.57 Å². The zero-order valence-electron chi connectivity index (χ0n) is 21.0. The number of carbonyl (C=O) groups is 1. The van der Waals surface area contributed by atoms with E-state index in [-0.39, 0.29) is 24.5 Å². The Bertz CT molecular complexity index is 1470. The summed E-state index contributed by atoms with van der Waals surface area (Å²) in [5.41, 5.74) is 2.32. The van der Waals surface area contributed by atoms with Gasteiger partial charge in [-0.15, -0.1) is 0 Å². The molecule has 3 aromatic rings. The van der Waals surface area contributed by atoms with E-state index in [0.29, 0.717) is 43.8 Å². The smallest absolute Gasteiger partial charge is 0.344 e. The van der Waals surface area contributed by atoms with Gasteiger partial charge in [0.05, 0.1) is 37.4 Å². The van der Waals surface area contributed by atoms with Crippen LogP contribution in [0.4, 0.5) is 5.69 Å². The maximum Gasteiger partial charge on any atom is 0.344 e. The standard InChI is InChI=1S/C29H24Cl2INO5S/c1-3-36-23-14-18(13-22(32)27(23)38-16-17-10-11-20(30)21(31)12-17)15-24-26(34)25(29(35)37-4-2)28(39-24)33-19-8-6-5-7-9-19/h5-15,34H,3-4,16H2,1-2H3. The van der Waals surface area contributed by atoms with Crippen molar-refractivity contribution in [2.75, 3.05) is 13.2 Å². The Morgan fingerprint density at radius 3 is 2.49 bits per heavy atom. The van der Waals surface area contributed by atoms with Crippen LogP contribution < -0.4 is 9.47 Å². The van der Waals surface area contributed by atoms with Gasteiger partial charge in [-0.2, -0.15) is 0 Å². The highest BCUT2D eigenvalue weighted by Crippen LogP contribution is 2.42. The molecule has 0 radical (unpaired) electrons. The second kappa shape index (κ2) is 13.6. The second-order valence-corrected chi connectivity index (χ2v) is 11.1. The monoisotopic (exact) mass is 695 g/mol. The molecule has 39 heavy (non-hydrogen) atoms. The summed E-state index contributed by atoms with van der Waals surface area (Å²) >= 11 is 15.5. The third kappa shape index (κ3) is 7.30. The van der Waals surface area contributed by atoms with E-state index in [4.69, 9.17) is 37.4 Å². The number of para-hydroxylation sites is 1. The van der Waals surface area contributed by atoms with Gasteiger partial charge in [0.2, 0.25) is 0 Å². The number of rotatable bonds is 9. The highest BCUT2D eigenvalue weighted by atomic mass is 127. The lowest BCUT2D eigenvalue weighted by atomic mass is 10.1. The number of thioether (sulfide) groups is 1. The molecular weight excluding hydrogens is 672 g/mol. The summed E-state index contributed by atoms with van der Waals surface area (Å²) in [6.07, 6.45) is 1.78. The van der Waals surface area contributed by atoms with Crippen LogP contribution >= 0.6 is 57.6 Å². The molecule has 3 aromatic carbocycles. The van der Waals surface area contributed by atoms with Gasteiger partial charge in [0.25, 0.3) is 0 Å². The van der Waals surface area contributed by atoms with E-state index in [1.54, 1.807) is 25.1 Å². The molecular formula is C29H24Cl2INO5S. The molecule has 0 saturated heterocycles. The molecule has 1 aliphatic heterocycles. The van der Waals surface area contributed by atoms with Crippen molar-refractivity contribution in [2.24, 2.45) is 4.99 Å². The average Bonchev–Trinajstić information content (AvgIpc) is 3.20. The van der Waals surface area contributed by atoms with Crippen LogP contribution in [-0.2, 0) is 16.1 Å². The van der Waals surface area contributed by atoms with Crippen molar-refractivity contribution in [2.45, 2.75) is 20.5 Å². The zero-order valence-corrected chi connectivity index (χ0v) is 25.5. The Kier molecular flexibility index (Phi) is 10.2. The molecule has 0 unspecified atom stereocenters. The number of halogens is 3. The average molecular weight is 696 g/mol. The van der Waals surface area contributed by atoms with Gasteiger partial charge in [-0.1, -0.05) is 59.2 Å². The second-order valence-electron chi connectivity index (χ2n) is 8.11. The maximum absolute atomic E-state index is 12.7. The quantitative estimate of drug-likeness (QED) is 0.178. The first-order valence-corrected chi connectivity index (χ1v) is 14.6. The zero-order chi connectivity index (χ0) is 27.9. The number of ether oxygens (including phenoxy) is 3. The van der Waals surface area contributed by atoms with Crippen molar-refractivity contribution < 1.29 is 24.1 Å². The lowest BCUT2D eigenvalue weighted by molar-refractivity contribution is -0.138. The lowest BCUT2D eigenvalue weighted by Gasteiger charge is -2.15. The van der Waals surface area contributed by atoms with E-state index < -0.39 is 5.97 Å². The molecule has 1 heterocycles. The van der Waals surface area contributed by atoms with Crippen LogP contribution in [0.1, 0.15) is 25.0 Å². The first-order chi connectivity index (χ1) is 18.8. The molecule has 0 saturated carbocycles. The van der Waals surface area contributed by atoms with Crippen molar-refractivity contribution in [3.8, 4) is 11.5 Å². The predicted octanol–water partition coefficient (Wildman–Crippen LogP) is 8.77. The largest absolute Gasteiger partial charge is 0.506 e. The van der Waals surface area contributed by atoms with E-state index in [9.17, 15) is 9.90 Å². The number of hydrogen-bond donors (Lipinski definition) is 1. The first-order valence-electron chi connectivity index (χ1n) is 12.0. The minimum atomic E-state index is -0.629. The summed E-state index contributed by atoms with van der Waals surface area (Å²) < 4.78 is 18.0. The van der Waals surface area contributed by atoms with Gasteiger partial charge >= 0.3 is 5.97 Å². The van der Waals surface area contributed by atoms with Gasteiger partial charge in [-0.3, -0.25) is 0 Å². The Morgan fingerprint density at radius 1 is 1.03 bits per heavy atom. The Labute approximate surface area is 254 Å². The lowest BCUT2D eigenvalue weighted by Crippen LogP contribution is -2.12. The highest BCUT2D eigenvalue weighted by molar-refractivity contribution is 14.1. The van der Waals surface area contributed by atoms with E-state index in [1.165, 1.54) is 11.8 Å².